The molecule has 114 valence electrons. The van der Waals surface area contributed by atoms with Gasteiger partial charge in [-0.1, -0.05) is 23.9 Å². The van der Waals surface area contributed by atoms with E-state index in [1.165, 1.54) is 25.8 Å². The van der Waals surface area contributed by atoms with Gasteiger partial charge in [0.2, 0.25) is 0 Å². The maximum atomic E-state index is 11.4. The first kappa shape index (κ1) is 16.0. The number of nitro benzene ring substituents is 1. The average molecular weight is 317 g/mol. The number of carbonyl (C=O) groups excluding carboxylic acids is 1. The fourth-order valence-electron chi connectivity index (χ4n) is 1.95. The highest BCUT2D eigenvalue weighted by Crippen LogP contribution is 2.40. The first-order valence-electron chi connectivity index (χ1n) is 6.54. The highest BCUT2D eigenvalue weighted by Gasteiger charge is 2.17. The number of Topliss-reactive ketones (excluding diaryl/α,β-unsaturated/α-hetero) is 1. The van der Waals surface area contributed by atoms with Gasteiger partial charge in [-0.25, -0.2) is 0 Å². The predicted octanol–water partition coefficient (Wildman–Crippen LogP) is 4.27. The van der Waals surface area contributed by atoms with E-state index in [9.17, 15) is 14.9 Å². The van der Waals surface area contributed by atoms with Gasteiger partial charge in [0, 0.05) is 11.6 Å². The lowest BCUT2D eigenvalue weighted by molar-refractivity contribution is -0.387. The van der Waals surface area contributed by atoms with E-state index in [-0.39, 0.29) is 11.5 Å². The molecule has 2 aromatic carbocycles. The van der Waals surface area contributed by atoms with Crippen molar-refractivity contribution < 1.29 is 14.5 Å². The van der Waals surface area contributed by atoms with Crippen molar-refractivity contribution >= 4 is 23.2 Å². The van der Waals surface area contributed by atoms with Crippen LogP contribution in [0.2, 0.25) is 0 Å². The molecular formula is C16H15NO4S. The lowest BCUT2D eigenvalue weighted by Gasteiger charge is -2.10. The van der Waals surface area contributed by atoms with E-state index in [0.717, 1.165) is 10.5 Å². The van der Waals surface area contributed by atoms with Crippen LogP contribution in [0.25, 0.3) is 0 Å². The van der Waals surface area contributed by atoms with Gasteiger partial charge in [-0.05, 0) is 37.6 Å². The number of rotatable bonds is 5. The molecule has 0 aliphatic heterocycles. The number of nitro groups is 1. The minimum Gasteiger partial charge on any atom is -0.496 e. The van der Waals surface area contributed by atoms with Crippen LogP contribution < -0.4 is 4.74 Å². The Kier molecular flexibility index (Phi) is 4.82. The summed E-state index contributed by atoms with van der Waals surface area (Å²) in [7, 11) is 1.51. The highest BCUT2D eigenvalue weighted by atomic mass is 32.2. The SMILES string of the molecule is COc1cc(C(C)=O)ccc1Sc1ccc(C)cc1[N+](=O)[O-]. The molecule has 0 aliphatic rings. The molecule has 6 heteroatoms. The van der Waals surface area contributed by atoms with Gasteiger partial charge in [0.05, 0.1) is 21.8 Å². The van der Waals surface area contributed by atoms with E-state index in [4.69, 9.17) is 4.74 Å². The second-order valence-electron chi connectivity index (χ2n) is 4.75. The quantitative estimate of drug-likeness (QED) is 0.468. The normalized spacial score (nSPS) is 10.3. The zero-order valence-corrected chi connectivity index (χ0v) is 13.3. The first-order chi connectivity index (χ1) is 10.4. The van der Waals surface area contributed by atoms with Gasteiger partial charge in [0.25, 0.3) is 5.69 Å². The Labute approximate surface area is 132 Å². The summed E-state index contributed by atoms with van der Waals surface area (Å²) >= 11 is 1.24. The monoisotopic (exact) mass is 317 g/mol. The molecule has 0 saturated heterocycles. The van der Waals surface area contributed by atoms with Crippen molar-refractivity contribution in [1.82, 2.24) is 0 Å². The Morgan fingerprint density at radius 3 is 2.45 bits per heavy atom. The van der Waals surface area contributed by atoms with Crippen molar-refractivity contribution in [2.24, 2.45) is 0 Å². The standard InChI is InChI=1S/C16H15NO4S/c1-10-4-6-15(13(8-10)17(19)20)22-16-7-5-12(11(2)18)9-14(16)21-3/h4-9H,1-3H3. The first-order valence-corrected chi connectivity index (χ1v) is 7.36. The average Bonchev–Trinajstić information content (AvgIpc) is 2.48. The number of carbonyl (C=O) groups is 1. The zero-order valence-electron chi connectivity index (χ0n) is 12.5. The van der Waals surface area contributed by atoms with E-state index in [1.807, 2.05) is 13.0 Å². The van der Waals surface area contributed by atoms with Crippen LogP contribution in [0.5, 0.6) is 5.75 Å². The molecule has 0 N–H and O–H groups in total. The molecular weight excluding hydrogens is 302 g/mol. The molecule has 0 atom stereocenters. The fraction of sp³-hybridized carbons (Fsp3) is 0.188. The summed E-state index contributed by atoms with van der Waals surface area (Å²) in [6.45, 7) is 3.29. The van der Waals surface area contributed by atoms with Gasteiger partial charge in [0.1, 0.15) is 5.75 Å². The van der Waals surface area contributed by atoms with Crippen molar-refractivity contribution in [1.29, 1.82) is 0 Å². The molecule has 0 bridgehead atoms. The molecule has 0 heterocycles. The van der Waals surface area contributed by atoms with E-state index in [0.29, 0.717) is 16.2 Å². The summed E-state index contributed by atoms with van der Waals surface area (Å²) in [5.74, 6) is 0.462. The molecule has 0 spiro atoms. The third kappa shape index (κ3) is 3.46. The van der Waals surface area contributed by atoms with Crippen LogP contribution in [0.3, 0.4) is 0 Å². The summed E-state index contributed by atoms with van der Waals surface area (Å²) in [4.78, 5) is 23.4. The van der Waals surface area contributed by atoms with Crippen molar-refractivity contribution in [2.45, 2.75) is 23.6 Å². The van der Waals surface area contributed by atoms with Gasteiger partial charge in [-0.2, -0.15) is 0 Å². The lowest BCUT2D eigenvalue weighted by atomic mass is 10.1. The Hall–Kier alpha value is -2.34. The molecule has 2 rings (SSSR count). The topological polar surface area (TPSA) is 69.4 Å². The highest BCUT2D eigenvalue weighted by molar-refractivity contribution is 7.99. The summed E-state index contributed by atoms with van der Waals surface area (Å²) in [6, 6.07) is 10.2. The number of nitrogens with zero attached hydrogens (tertiary/aromatic N) is 1. The Balaban J connectivity index is 2.43. The number of ketones is 1. The maximum Gasteiger partial charge on any atom is 0.283 e. The third-order valence-electron chi connectivity index (χ3n) is 3.10. The fourth-order valence-corrected chi connectivity index (χ4v) is 2.94. The van der Waals surface area contributed by atoms with Gasteiger partial charge < -0.3 is 4.74 Å². The van der Waals surface area contributed by atoms with Crippen LogP contribution in [0.15, 0.2) is 46.2 Å². The van der Waals surface area contributed by atoms with Crippen LogP contribution in [0.4, 0.5) is 5.69 Å². The Morgan fingerprint density at radius 2 is 1.86 bits per heavy atom. The van der Waals surface area contributed by atoms with Crippen LogP contribution in [0, 0.1) is 17.0 Å². The van der Waals surface area contributed by atoms with Gasteiger partial charge in [-0.15, -0.1) is 0 Å². The number of hydrogen-bond donors (Lipinski definition) is 0. The van der Waals surface area contributed by atoms with Crippen molar-refractivity contribution in [3.63, 3.8) is 0 Å². The second kappa shape index (κ2) is 6.62. The van der Waals surface area contributed by atoms with E-state index in [2.05, 4.69) is 0 Å². The molecule has 5 nitrogen and oxygen atoms in total. The molecule has 2 aromatic rings. The van der Waals surface area contributed by atoms with Crippen LogP contribution in [-0.4, -0.2) is 17.8 Å². The van der Waals surface area contributed by atoms with Crippen LogP contribution in [-0.2, 0) is 0 Å². The number of benzene rings is 2. The third-order valence-corrected chi connectivity index (χ3v) is 4.22. The maximum absolute atomic E-state index is 11.4. The zero-order chi connectivity index (χ0) is 16.3. The van der Waals surface area contributed by atoms with Gasteiger partial charge in [0.15, 0.2) is 5.78 Å². The summed E-state index contributed by atoms with van der Waals surface area (Å²) in [6.07, 6.45) is 0. The minimum absolute atomic E-state index is 0.0581. The Morgan fingerprint density at radius 1 is 1.18 bits per heavy atom. The minimum atomic E-state index is -0.397. The van der Waals surface area contributed by atoms with Crippen LogP contribution in [0.1, 0.15) is 22.8 Å². The molecule has 0 amide bonds. The largest absolute Gasteiger partial charge is 0.496 e. The number of ether oxygens (including phenoxy) is 1. The smallest absolute Gasteiger partial charge is 0.283 e. The number of aryl methyl sites for hydroxylation is 1. The molecule has 0 unspecified atom stereocenters. The Bertz CT molecular complexity index is 743. The second-order valence-corrected chi connectivity index (χ2v) is 5.84. The molecule has 0 saturated carbocycles. The van der Waals surface area contributed by atoms with E-state index in [1.54, 1.807) is 30.3 Å². The van der Waals surface area contributed by atoms with Crippen molar-refractivity contribution in [2.75, 3.05) is 7.11 Å². The predicted molar refractivity (Wildman–Crippen MR) is 85.0 cm³/mol. The summed E-state index contributed by atoms with van der Waals surface area (Å²) in [5, 5.41) is 11.2. The summed E-state index contributed by atoms with van der Waals surface area (Å²) < 4.78 is 5.29. The number of methoxy groups -OCH3 is 1. The van der Waals surface area contributed by atoms with Gasteiger partial charge in [-0.3, -0.25) is 14.9 Å². The van der Waals surface area contributed by atoms with Crippen molar-refractivity contribution in [3.05, 3.63) is 57.6 Å². The van der Waals surface area contributed by atoms with Crippen LogP contribution >= 0.6 is 11.8 Å². The molecule has 0 radical (unpaired) electrons. The molecule has 0 aromatic heterocycles. The number of hydrogen-bond acceptors (Lipinski definition) is 5. The summed E-state index contributed by atoms with van der Waals surface area (Å²) in [5.41, 5.74) is 1.43. The molecule has 0 aliphatic carbocycles. The van der Waals surface area contributed by atoms with E-state index >= 15 is 0 Å². The van der Waals surface area contributed by atoms with Crippen molar-refractivity contribution in [3.8, 4) is 5.75 Å². The van der Waals surface area contributed by atoms with Gasteiger partial charge >= 0.3 is 0 Å². The lowest BCUT2D eigenvalue weighted by Crippen LogP contribution is -1.95. The molecule has 0 fully saturated rings. The molecule has 22 heavy (non-hydrogen) atoms. The van der Waals surface area contributed by atoms with E-state index < -0.39 is 4.92 Å².